The van der Waals surface area contributed by atoms with Crippen molar-refractivity contribution in [3.63, 3.8) is 0 Å². The number of nitrogens with one attached hydrogen (secondary N) is 1. The molecule has 2 aliphatic rings. The second-order valence-corrected chi connectivity index (χ2v) is 6.86. The van der Waals surface area contributed by atoms with E-state index < -0.39 is 5.91 Å². The summed E-state index contributed by atoms with van der Waals surface area (Å²) < 4.78 is 0. The molecule has 0 bridgehead atoms. The van der Waals surface area contributed by atoms with Gasteiger partial charge in [0.1, 0.15) is 5.00 Å². The van der Waals surface area contributed by atoms with E-state index in [9.17, 15) is 9.59 Å². The average Bonchev–Trinajstić information content (AvgIpc) is 3.05. The highest BCUT2D eigenvalue weighted by Gasteiger charge is 2.28. The lowest BCUT2D eigenvalue weighted by Crippen LogP contribution is -2.22. The van der Waals surface area contributed by atoms with Crippen molar-refractivity contribution in [1.82, 2.24) is 0 Å². The zero-order valence-electron chi connectivity index (χ0n) is 11.5. The van der Waals surface area contributed by atoms with Gasteiger partial charge in [-0.15, -0.1) is 11.3 Å². The Bertz CT molecular complexity index is 544. The van der Waals surface area contributed by atoms with Crippen molar-refractivity contribution in [2.45, 2.75) is 51.4 Å². The van der Waals surface area contributed by atoms with Crippen molar-refractivity contribution in [3.8, 4) is 0 Å². The molecule has 0 atom stereocenters. The van der Waals surface area contributed by atoms with E-state index in [4.69, 9.17) is 5.73 Å². The Morgan fingerprint density at radius 3 is 2.50 bits per heavy atom. The van der Waals surface area contributed by atoms with Crippen LogP contribution < -0.4 is 11.1 Å². The molecule has 1 aromatic heterocycles. The van der Waals surface area contributed by atoms with E-state index in [2.05, 4.69) is 5.32 Å². The van der Waals surface area contributed by atoms with Crippen LogP contribution in [0.2, 0.25) is 0 Å². The number of hydrogen-bond donors (Lipinski definition) is 2. The normalized spacial score (nSPS) is 18.8. The van der Waals surface area contributed by atoms with Crippen LogP contribution in [0.4, 0.5) is 5.00 Å². The standard InChI is InChI=1S/C15H20N2O2S/c16-13(18)12-10-7-3-4-8-11(10)20-15(12)17-14(19)9-5-1-2-6-9/h9H,1-8H2,(H2,16,18)(H,17,19). The maximum absolute atomic E-state index is 12.2. The number of nitrogens with two attached hydrogens (primary N) is 1. The van der Waals surface area contributed by atoms with Crippen molar-refractivity contribution in [1.29, 1.82) is 0 Å². The molecule has 20 heavy (non-hydrogen) atoms. The molecule has 0 unspecified atom stereocenters. The lowest BCUT2D eigenvalue weighted by molar-refractivity contribution is -0.119. The summed E-state index contributed by atoms with van der Waals surface area (Å²) in [6.07, 6.45) is 8.33. The minimum atomic E-state index is -0.411. The highest BCUT2D eigenvalue weighted by atomic mass is 32.1. The minimum absolute atomic E-state index is 0.0589. The summed E-state index contributed by atoms with van der Waals surface area (Å²) >= 11 is 1.54. The lowest BCUT2D eigenvalue weighted by Gasteiger charge is -2.12. The van der Waals surface area contributed by atoms with E-state index in [0.29, 0.717) is 10.6 Å². The lowest BCUT2D eigenvalue weighted by atomic mass is 9.95. The average molecular weight is 292 g/mol. The number of primary amides is 1. The first-order valence-electron chi connectivity index (χ1n) is 7.42. The van der Waals surface area contributed by atoms with Crippen molar-refractivity contribution in [3.05, 3.63) is 16.0 Å². The van der Waals surface area contributed by atoms with Crippen LogP contribution in [-0.4, -0.2) is 11.8 Å². The first-order valence-corrected chi connectivity index (χ1v) is 8.23. The number of amides is 2. The molecular weight excluding hydrogens is 272 g/mol. The fraction of sp³-hybridized carbons (Fsp3) is 0.600. The third kappa shape index (κ3) is 2.46. The molecule has 0 aromatic carbocycles. The summed E-state index contributed by atoms with van der Waals surface area (Å²) in [5.74, 6) is -0.246. The molecule has 0 aliphatic heterocycles. The van der Waals surface area contributed by atoms with Gasteiger partial charge in [0.15, 0.2) is 0 Å². The Balaban J connectivity index is 1.86. The van der Waals surface area contributed by atoms with E-state index in [1.54, 1.807) is 11.3 Å². The second kappa shape index (κ2) is 5.56. The van der Waals surface area contributed by atoms with Crippen LogP contribution in [0.3, 0.4) is 0 Å². The van der Waals surface area contributed by atoms with E-state index in [1.807, 2.05) is 0 Å². The van der Waals surface area contributed by atoms with Gasteiger partial charge >= 0.3 is 0 Å². The van der Waals surface area contributed by atoms with E-state index in [1.165, 1.54) is 4.88 Å². The third-order valence-corrected chi connectivity index (χ3v) is 5.59. The predicted molar refractivity (Wildman–Crippen MR) is 80.1 cm³/mol. The molecule has 5 heteroatoms. The summed E-state index contributed by atoms with van der Waals surface area (Å²) in [5, 5.41) is 3.65. The Morgan fingerprint density at radius 2 is 1.80 bits per heavy atom. The van der Waals surface area contributed by atoms with E-state index >= 15 is 0 Å². The van der Waals surface area contributed by atoms with Crippen LogP contribution >= 0.6 is 11.3 Å². The fourth-order valence-corrected chi connectivity index (χ4v) is 4.61. The molecule has 1 aromatic rings. The van der Waals surface area contributed by atoms with Gasteiger partial charge in [-0.25, -0.2) is 0 Å². The summed E-state index contributed by atoms with van der Waals surface area (Å²) in [7, 11) is 0. The van der Waals surface area contributed by atoms with Gasteiger partial charge in [0.2, 0.25) is 5.91 Å². The third-order valence-electron chi connectivity index (χ3n) is 4.38. The molecule has 4 nitrogen and oxygen atoms in total. The number of fused-ring (bicyclic) bond motifs is 1. The van der Waals surface area contributed by atoms with Crippen molar-refractivity contribution in [2.75, 3.05) is 5.32 Å². The highest BCUT2D eigenvalue weighted by molar-refractivity contribution is 7.17. The molecule has 108 valence electrons. The number of rotatable bonds is 3. The van der Waals surface area contributed by atoms with Gasteiger partial charge in [-0.1, -0.05) is 12.8 Å². The summed E-state index contributed by atoms with van der Waals surface area (Å²) in [5.41, 5.74) is 7.17. The molecule has 2 amide bonds. The smallest absolute Gasteiger partial charge is 0.251 e. The van der Waals surface area contributed by atoms with Crippen LogP contribution in [0.25, 0.3) is 0 Å². The number of thiophene rings is 1. The van der Waals surface area contributed by atoms with Crippen LogP contribution in [-0.2, 0) is 17.6 Å². The zero-order chi connectivity index (χ0) is 14.1. The Hall–Kier alpha value is -1.36. The molecule has 3 N–H and O–H groups in total. The quantitative estimate of drug-likeness (QED) is 0.899. The predicted octanol–water partition coefficient (Wildman–Crippen LogP) is 2.85. The summed E-state index contributed by atoms with van der Waals surface area (Å²) in [4.78, 5) is 25.2. The molecule has 3 rings (SSSR count). The molecule has 1 saturated carbocycles. The summed E-state index contributed by atoms with van der Waals surface area (Å²) in [6, 6.07) is 0. The van der Waals surface area contributed by atoms with Gasteiger partial charge < -0.3 is 11.1 Å². The number of hydrogen-bond acceptors (Lipinski definition) is 3. The first-order chi connectivity index (χ1) is 9.66. The fourth-order valence-electron chi connectivity index (χ4n) is 3.32. The maximum atomic E-state index is 12.2. The van der Waals surface area contributed by atoms with E-state index in [-0.39, 0.29) is 11.8 Å². The molecule has 1 fully saturated rings. The van der Waals surface area contributed by atoms with Crippen LogP contribution in [0.15, 0.2) is 0 Å². The Morgan fingerprint density at radius 1 is 1.10 bits per heavy atom. The van der Waals surface area contributed by atoms with Crippen molar-refractivity contribution >= 4 is 28.2 Å². The summed E-state index contributed by atoms with van der Waals surface area (Å²) in [6.45, 7) is 0. The number of anilines is 1. The molecule has 0 radical (unpaired) electrons. The van der Waals surface area contributed by atoms with Crippen LogP contribution in [0, 0.1) is 5.92 Å². The Kier molecular flexibility index (Phi) is 3.78. The van der Waals surface area contributed by atoms with Gasteiger partial charge in [-0.3, -0.25) is 9.59 Å². The largest absolute Gasteiger partial charge is 0.365 e. The van der Waals surface area contributed by atoms with Crippen molar-refractivity contribution in [2.24, 2.45) is 11.7 Å². The number of aryl methyl sites for hydroxylation is 1. The minimum Gasteiger partial charge on any atom is -0.365 e. The van der Waals surface area contributed by atoms with Crippen LogP contribution in [0.1, 0.15) is 59.3 Å². The van der Waals surface area contributed by atoms with Gasteiger partial charge in [-0.2, -0.15) is 0 Å². The van der Waals surface area contributed by atoms with Gasteiger partial charge in [0, 0.05) is 10.8 Å². The topological polar surface area (TPSA) is 72.2 Å². The highest BCUT2D eigenvalue weighted by Crippen LogP contribution is 2.38. The molecule has 0 saturated heterocycles. The number of carbonyl (C=O) groups is 2. The van der Waals surface area contributed by atoms with E-state index in [0.717, 1.165) is 56.9 Å². The van der Waals surface area contributed by atoms with Crippen LogP contribution in [0.5, 0.6) is 0 Å². The first kappa shape index (κ1) is 13.6. The van der Waals surface area contributed by atoms with Crippen molar-refractivity contribution < 1.29 is 9.59 Å². The molecule has 0 spiro atoms. The van der Waals surface area contributed by atoms with Gasteiger partial charge in [0.05, 0.1) is 5.56 Å². The van der Waals surface area contributed by atoms with Gasteiger partial charge in [-0.05, 0) is 44.1 Å². The number of carbonyl (C=O) groups excluding carboxylic acids is 2. The molecule has 2 aliphatic carbocycles. The molecule has 1 heterocycles. The second-order valence-electron chi connectivity index (χ2n) is 5.75. The monoisotopic (exact) mass is 292 g/mol. The van der Waals surface area contributed by atoms with Gasteiger partial charge in [0.25, 0.3) is 5.91 Å². The molecular formula is C15H20N2O2S. The SMILES string of the molecule is NC(=O)c1c(NC(=O)C2CCCC2)sc2c1CCCC2. The Labute approximate surface area is 122 Å². The zero-order valence-corrected chi connectivity index (χ0v) is 12.4. The maximum Gasteiger partial charge on any atom is 0.251 e.